The summed E-state index contributed by atoms with van der Waals surface area (Å²) in [6.07, 6.45) is 2.24. The van der Waals surface area contributed by atoms with Crippen molar-refractivity contribution in [2.45, 2.75) is 39.7 Å². The lowest BCUT2D eigenvalue weighted by atomic mass is 10.1. The molecule has 0 amide bonds. The minimum Gasteiger partial charge on any atom is -0.314 e. The zero-order valence-electron chi connectivity index (χ0n) is 6.52. The van der Waals surface area contributed by atoms with E-state index in [2.05, 4.69) is 18.7 Å². The van der Waals surface area contributed by atoms with Gasteiger partial charge in [-0.25, -0.2) is 6.57 Å². The highest BCUT2D eigenvalue weighted by Gasteiger charge is 2.03. The van der Waals surface area contributed by atoms with E-state index in [0.29, 0.717) is 0 Å². The molecule has 0 aromatic heterocycles. The minimum atomic E-state index is 0.229. The van der Waals surface area contributed by atoms with Crippen LogP contribution >= 0.6 is 0 Å². The summed E-state index contributed by atoms with van der Waals surface area (Å²) >= 11 is 0. The van der Waals surface area contributed by atoms with Crippen molar-refractivity contribution in [1.82, 2.24) is 0 Å². The topological polar surface area (TPSA) is 4.36 Å². The maximum atomic E-state index is 6.68. The number of hydrogen-bond acceptors (Lipinski definition) is 0. The second kappa shape index (κ2) is 4.38. The molecule has 0 aliphatic heterocycles. The van der Waals surface area contributed by atoms with E-state index in [0.717, 1.165) is 12.3 Å². The quantitative estimate of drug-likeness (QED) is 0.511. The van der Waals surface area contributed by atoms with Crippen LogP contribution in [0.3, 0.4) is 0 Å². The first-order valence-corrected chi connectivity index (χ1v) is 3.53. The van der Waals surface area contributed by atoms with E-state index in [-0.39, 0.29) is 6.04 Å². The highest BCUT2D eigenvalue weighted by Crippen LogP contribution is 2.07. The second-order valence-corrected chi connectivity index (χ2v) is 2.95. The molecular weight excluding hydrogens is 110 g/mol. The zero-order valence-corrected chi connectivity index (χ0v) is 6.52. The van der Waals surface area contributed by atoms with Crippen LogP contribution in [0.25, 0.3) is 4.85 Å². The smallest absolute Gasteiger partial charge is 0.221 e. The second-order valence-electron chi connectivity index (χ2n) is 2.95. The van der Waals surface area contributed by atoms with E-state index in [1.165, 1.54) is 6.42 Å². The number of rotatable bonds is 3. The van der Waals surface area contributed by atoms with Crippen LogP contribution in [0.4, 0.5) is 0 Å². The van der Waals surface area contributed by atoms with E-state index in [9.17, 15) is 0 Å². The molecule has 52 valence electrons. The van der Waals surface area contributed by atoms with Crippen LogP contribution in [0, 0.1) is 12.5 Å². The van der Waals surface area contributed by atoms with E-state index in [1.54, 1.807) is 0 Å². The van der Waals surface area contributed by atoms with Crippen LogP contribution in [-0.2, 0) is 0 Å². The zero-order chi connectivity index (χ0) is 7.28. The number of nitrogens with zero attached hydrogens (tertiary/aromatic N) is 1. The predicted octanol–water partition coefficient (Wildman–Crippen LogP) is 2.73. The van der Waals surface area contributed by atoms with E-state index >= 15 is 0 Å². The average Bonchev–Trinajstić information content (AvgIpc) is 1.83. The summed E-state index contributed by atoms with van der Waals surface area (Å²) in [6.45, 7) is 13.0. The molecule has 0 bridgehead atoms. The average molecular weight is 125 g/mol. The molecule has 0 saturated heterocycles. The lowest BCUT2D eigenvalue weighted by molar-refractivity contribution is 0.538. The first-order valence-electron chi connectivity index (χ1n) is 3.53. The van der Waals surface area contributed by atoms with Crippen LogP contribution in [-0.4, -0.2) is 6.04 Å². The Morgan fingerprint density at radius 1 is 1.22 bits per heavy atom. The van der Waals surface area contributed by atoms with Crippen molar-refractivity contribution in [2.75, 3.05) is 0 Å². The van der Waals surface area contributed by atoms with Crippen LogP contribution < -0.4 is 0 Å². The fourth-order valence-electron chi connectivity index (χ4n) is 0.639. The molecule has 0 aliphatic carbocycles. The summed E-state index contributed by atoms with van der Waals surface area (Å²) in [5, 5.41) is 0. The Hall–Kier alpha value is -0.510. The molecule has 0 aromatic carbocycles. The Labute approximate surface area is 57.9 Å². The van der Waals surface area contributed by atoms with Gasteiger partial charge in [0.05, 0.1) is 0 Å². The molecule has 0 rings (SSSR count). The van der Waals surface area contributed by atoms with Crippen molar-refractivity contribution in [3.05, 3.63) is 11.4 Å². The van der Waals surface area contributed by atoms with Gasteiger partial charge in [0.15, 0.2) is 0 Å². The van der Waals surface area contributed by atoms with Gasteiger partial charge >= 0.3 is 0 Å². The molecule has 1 atom stereocenters. The molecule has 0 N–H and O–H groups in total. The SMILES string of the molecule is [C-]#[N+]C(C)CCC(C)C. The molecule has 0 fully saturated rings. The van der Waals surface area contributed by atoms with Crippen LogP contribution in [0.2, 0.25) is 0 Å². The van der Waals surface area contributed by atoms with Gasteiger partial charge in [-0.05, 0) is 12.3 Å². The molecule has 0 spiro atoms. The maximum absolute atomic E-state index is 6.68. The maximum Gasteiger partial charge on any atom is 0.221 e. The first kappa shape index (κ1) is 8.49. The van der Waals surface area contributed by atoms with Crippen LogP contribution in [0.1, 0.15) is 33.6 Å². The van der Waals surface area contributed by atoms with E-state index in [4.69, 9.17) is 6.57 Å². The van der Waals surface area contributed by atoms with Crippen molar-refractivity contribution < 1.29 is 0 Å². The standard InChI is InChI=1S/C8H15N/c1-7(2)5-6-8(3)9-4/h7-8H,5-6H2,1-3H3. The molecule has 1 heteroatoms. The molecule has 9 heavy (non-hydrogen) atoms. The summed E-state index contributed by atoms with van der Waals surface area (Å²) in [7, 11) is 0. The van der Waals surface area contributed by atoms with Gasteiger partial charge in [0.25, 0.3) is 0 Å². The third-order valence-electron chi connectivity index (χ3n) is 1.38. The van der Waals surface area contributed by atoms with Gasteiger partial charge in [-0.15, -0.1) is 0 Å². The van der Waals surface area contributed by atoms with Crippen molar-refractivity contribution in [3.63, 3.8) is 0 Å². The van der Waals surface area contributed by atoms with Crippen LogP contribution in [0.5, 0.6) is 0 Å². The fourth-order valence-corrected chi connectivity index (χ4v) is 0.639. The van der Waals surface area contributed by atoms with Gasteiger partial charge in [0, 0.05) is 13.3 Å². The summed E-state index contributed by atoms with van der Waals surface area (Å²) in [6, 6.07) is 0.229. The highest BCUT2D eigenvalue weighted by atomic mass is 14.7. The Morgan fingerprint density at radius 2 is 1.78 bits per heavy atom. The molecule has 0 aromatic rings. The van der Waals surface area contributed by atoms with E-state index < -0.39 is 0 Å². The predicted molar refractivity (Wildman–Crippen MR) is 40.1 cm³/mol. The molecule has 0 radical (unpaired) electrons. The lowest BCUT2D eigenvalue weighted by Crippen LogP contribution is -1.97. The van der Waals surface area contributed by atoms with Crippen molar-refractivity contribution in [2.24, 2.45) is 5.92 Å². The van der Waals surface area contributed by atoms with E-state index in [1.807, 2.05) is 6.92 Å². The first-order chi connectivity index (χ1) is 4.16. The Balaban J connectivity index is 3.19. The molecule has 1 unspecified atom stereocenters. The largest absolute Gasteiger partial charge is 0.314 e. The Morgan fingerprint density at radius 3 is 2.11 bits per heavy atom. The van der Waals surface area contributed by atoms with Crippen LogP contribution in [0.15, 0.2) is 0 Å². The summed E-state index contributed by atoms with van der Waals surface area (Å²) in [5.41, 5.74) is 0. The summed E-state index contributed by atoms with van der Waals surface area (Å²) in [5.74, 6) is 0.745. The molecular formula is C8H15N. The highest BCUT2D eigenvalue weighted by molar-refractivity contribution is 4.72. The van der Waals surface area contributed by atoms with Crippen molar-refractivity contribution in [3.8, 4) is 0 Å². The fraction of sp³-hybridized carbons (Fsp3) is 0.875. The molecule has 1 nitrogen and oxygen atoms in total. The van der Waals surface area contributed by atoms with Gasteiger partial charge in [-0.1, -0.05) is 13.8 Å². The van der Waals surface area contributed by atoms with Gasteiger partial charge in [-0.3, -0.25) is 0 Å². The van der Waals surface area contributed by atoms with Gasteiger partial charge in [0.2, 0.25) is 6.04 Å². The third kappa shape index (κ3) is 5.36. The summed E-state index contributed by atoms with van der Waals surface area (Å²) < 4.78 is 0. The molecule has 0 heterocycles. The monoisotopic (exact) mass is 125 g/mol. The Bertz CT molecular complexity index is 99.6. The Kier molecular flexibility index (Phi) is 4.13. The minimum absolute atomic E-state index is 0.229. The van der Waals surface area contributed by atoms with Crippen molar-refractivity contribution >= 4 is 0 Å². The van der Waals surface area contributed by atoms with Gasteiger partial charge in [-0.2, -0.15) is 0 Å². The summed E-state index contributed by atoms with van der Waals surface area (Å²) in [4.78, 5) is 3.41. The third-order valence-corrected chi connectivity index (χ3v) is 1.38. The molecule has 0 saturated carbocycles. The molecule has 0 aliphatic rings. The normalized spacial score (nSPS) is 13.2. The van der Waals surface area contributed by atoms with Gasteiger partial charge in [0.1, 0.15) is 0 Å². The van der Waals surface area contributed by atoms with Gasteiger partial charge < -0.3 is 4.85 Å². The van der Waals surface area contributed by atoms with Crippen molar-refractivity contribution in [1.29, 1.82) is 0 Å². The lowest BCUT2D eigenvalue weighted by Gasteiger charge is -2.01. The number of hydrogen-bond donors (Lipinski definition) is 0.